The van der Waals surface area contributed by atoms with Crippen molar-refractivity contribution in [3.8, 4) is 11.5 Å². The van der Waals surface area contributed by atoms with E-state index in [-0.39, 0.29) is 18.6 Å². The number of hydrogen-bond acceptors (Lipinski definition) is 6. The van der Waals surface area contributed by atoms with Crippen LogP contribution >= 0.6 is 0 Å². The molecule has 3 aromatic rings. The minimum atomic E-state index is -0.513. The van der Waals surface area contributed by atoms with E-state index < -0.39 is 5.91 Å². The molecule has 3 aromatic carbocycles. The number of amides is 1. The minimum absolute atomic E-state index is 0.130. The summed E-state index contributed by atoms with van der Waals surface area (Å²) in [4.78, 5) is 19.9. The summed E-state index contributed by atoms with van der Waals surface area (Å²) in [5.41, 5.74) is 12.2. The number of aryl methyl sites for hydroxylation is 1. The number of oxime groups is 1. The number of piperidine rings is 1. The topological polar surface area (TPSA) is 86.4 Å². The molecule has 0 saturated carbocycles. The fourth-order valence-electron chi connectivity index (χ4n) is 5.45. The van der Waals surface area contributed by atoms with Gasteiger partial charge in [0, 0.05) is 37.0 Å². The van der Waals surface area contributed by atoms with Gasteiger partial charge in [-0.2, -0.15) is 0 Å². The Morgan fingerprint density at radius 2 is 1.95 bits per heavy atom. The maximum Gasteiger partial charge on any atom is 0.255 e. The van der Waals surface area contributed by atoms with Gasteiger partial charge in [-0.05, 0) is 36.1 Å². The smallest absolute Gasteiger partial charge is 0.255 e. The third-order valence-electron chi connectivity index (χ3n) is 7.21. The summed E-state index contributed by atoms with van der Waals surface area (Å²) >= 11 is 0. The molecule has 1 fully saturated rings. The largest absolute Gasteiger partial charge is 0.493 e. The van der Waals surface area contributed by atoms with Crippen LogP contribution in [-0.2, 0) is 22.7 Å². The van der Waals surface area contributed by atoms with Crippen LogP contribution in [0.1, 0.15) is 46.2 Å². The summed E-state index contributed by atoms with van der Waals surface area (Å²) in [6.07, 6.45) is 1.54. The molecule has 0 bridgehead atoms. The summed E-state index contributed by atoms with van der Waals surface area (Å²) in [6, 6.07) is 22.9. The second kappa shape index (κ2) is 11.0. The number of hydrogen-bond donors (Lipinski definition) is 1. The molecular formula is C30H33N3O4. The average molecular weight is 500 g/mol. The highest BCUT2D eigenvalue weighted by molar-refractivity contribution is 5.92. The van der Waals surface area contributed by atoms with E-state index in [0.717, 1.165) is 42.8 Å². The third kappa shape index (κ3) is 5.47. The molecule has 2 aliphatic rings. The lowest BCUT2D eigenvalue weighted by Crippen LogP contribution is -2.45. The number of rotatable bonds is 8. The standard InChI is InChI=1S/C30H33N3O4/c1-20-7-6-10-22(15-20)25-17-33-14-13-24-23(11-12-28(35-2)30(24)36-19-29(31)34)27(33)16-26(25)32-37-18-21-8-4-3-5-9-21/h3-12,15,25,27H,13-14,16-19H2,1-2H3,(H2,31,34)/b32-26-/t25-,27+/m1/s1. The van der Waals surface area contributed by atoms with Gasteiger partial charge in [-0.3, -0.25) is 9.69 Å². The monoisotopic (exact) mass is 499 g/mol. The van der Waals surface area contributed by atoms with Gasteiger partial charge in [0.1, 0.15) is 6.61 Å². The number of fused-ring (bicyclic) bond motifs is 3. The van der Waals surface area contributed by atoms with Crippen molar-refractivity contribution in [3.05, 3.63) is 94.5 Å². The molecule has 7 heteroatoms. The summed E-state index contributed by atoms with van der Waals surface area (Å²) < 4.78 is 11.4. The van der Waals surface area contributed by atoms with Crippen molar-refractivity contribution < 1.29 is 19.1 Å². The molecule has 2 N–H and O–H groups in total. The molecule has 0 spiro atoms. The van der Waals surface area contributed by atoms with Crippen LogP contribution in [0.3, 0.4) is 0 Å². The van der Waals surface area contributed by atoms with E-state index in [0.29, 0.717) is 18.1 Å². The van der Waals surface area contributed by atoms with Gasteiger partial charge in [-0.25, -0.2) is 0 Å². The Morgan fingerprint density at radius 1 is 1.11 bits per heavy atom. The van der Waals surface area contributed by atoms with Crippen LogP contribution in [0.5, 0.6) is 11.5 Å². The van der Waals surface area contributed by atoms with Crippen LogP contribution < -0.4 is 15.2 Å². The molecule has 192 valence electrons. The molecule has 37 heavy (non-hydrogen) atoms. The summed E-state index contributed by atoms with van der Waals surface area (Å²) in [5, 5.41) is 4.72. The number of nitrogens with zero attached hydrogens (tertiary/aromatic N) is 2. The number of carbonyl (C=O) groups is 1. The summed E-state index contributed by atoms with van der Waals surface area (Å²) in [6.45, 7) is 4.09. The first-order chi connectivity index (χ1) is 18.0. The summed E-state index contributed by atoms with van der Waals surface area (Å²) in [7, 11) is 1.61. The second-order valence-corrected chi connectivity index (χ2v) is 9.69. The van der Waals surface area contributed by atoms with Crippen LogP contribution in [0, 0.1) is 6.92 Å². The van der Waals surface area contributed by atoms with Gasteiger partial charge in [0.15, 0.2) is 18.1 Å². The van der Waals surface area contributed by atoms with Crippen LogP contribution in [0.15, 0.2) is 71.9 Å². The molecule has 1 saturated heterocycles. The highest BCUT2D eigenvalue weighted by Crippen LogP contribution is 2.45. The Kier molecular flexibility index (Phi) is 7.42. The lowest BCUT2D eigenvalue weighted by atomic mass is 9.79. The van der Waals surface area contributed by atoms with Gasteiger partial charge in [-0.15, -0.1) is 0 Å². The van der Waals surface area contributed by atoms with Gasteiger partial charge < -0.3 is 20.0 Å². The molecule has 0 unspecified atom stereocenters. The molecule has 2 heterocycles. The van der Waals surface area contributed by atoms with Gasteiger partial charge in [0.05, 0.1) is 12.8 Å². The van der Waals surface area contributed by atoms with Crippen LogP contribution in [-0.4, -0.2) is 43.3 Å². The number of ether oxygens (including phenoxy) is 2. The maximum atomic E-state index is 11.4. The van der Waals surface area contributed by atoms with Crippen LogP contribution in [0.4, 0.5) is 0 Å². The zero-order chi connectivity index (χ0) is 25.8. The first-order valence-electron chi connectivity index (χ1n) is 12.7. The first-order valence-corrected chi connectivity index (χ1v) is 12.7. The molecule has 0 radical (unpaired) electrons. The first kappa shape index (κ1) is 24.8. The average Bonchev–Trinajstić information content (AvgIpc) is 2.91. The quantitative estimate of drug-likeness (QED) is 0.461. The molecule has 2 aliphatic heterocycles. The lowest BCUT2D eigenvalue weighted by molar-refractivity contribution is -0.119. The van der Waals surface area contributed by atoms with Crippen molar-refractivity contribution in [2.24, 2.45) is 10.9 Å². The summed E-state index contributed by atoms with van der Waals surface area (Å²) in [5.74, 6) is 0.859. The number of carbonyl (C=O) groups excluding carboxylic acids is 1. The van der Waals surface area contributed by atoms with E-state index in [4.69, 9.17) is 25.2 Å². The Morgan fingerprint density at radius 3 is 2.70 bits per heavy atom. The highest BCUT2D eigenvalue weighted by Gasteiger charge is 2.39. The number of benzene rings is 3. The van der Waals surface area contributed by atoms with Crippen molar-refractivity contribution >= 4 is 11.6 Å². The second-order valence-electron chi connectivity index (χ2n) is 9.69. The lowest BCUT2D eigenvalue weighted by Gasteiger charge is -2.44. The van der Waals surface area contributed by atoms with Crippen molar-refractivity contribution in [1.29, 1.82) is 0 Å². The van der Waals surface area contributed by atoms with E-state index in [1.165, 1.54) is 16.7 Å². The van der Waals surface area contributed by atoms with Gasteiger partial charge >= 0.3 is 0 Å². The Labute approximate surface area is 217 Å². The predicted octanol–water partition coefficient (Wildman–Crippen LogP) is 4.53. The van der Waals surface area contributed by atoms with Gasteiger partial charge in [-0.1, -0.05) is 71.4 Å². The molecule has 0 aromatic heterocycles. The van der Waals surface area contributed by atoms with E-state index in [1.54, 1.807) is 7.11 Å². The fraction of sp³-hybridized carbons (Fsp3) is 0.333. The molecular weight excluding hydrogens is 466 g/mol. The molecule has 5 rings (SSSR count). The minimum Gasteiger partial charge on any atom is -0.493 e. The Hall–Kier alpha value is -3.84. The number of primary amides is 1. The fourth-order valence-corrected chi connectivity index (χ4v) is 5.45. The van der Waals surface area contributed by atoms with E-state index in [9.17, 15) is 4.79 Å². The zero-order valence-electron chi connectivity index (χ0n) is 21.4. The van der Waals surface area contributed by atoms with Crippen molar-refractivity contribution in [3.63, 3.8) is 0 Å². The number of nitrogens with two attached hydrogens (primary N) is 1. The predicted molar refractivity (Wildman–Crippen MR) is 143 cm³/mol. The zero-order valence-corrected chi connectivity index (χ0v) is 21.4. The van der Waals surface area contributed by atoms with Crippen molar-refractivity contribution in [1.82, 2.24) is 4.90 Å². The highest BCUT2D eigenvalue weighted by atomic mass is 16.6. The maximum absolute atomic E-state index is 11.4. The van der Waals surface area contributed by atoms with Crippen LogP contribution in [0.2, 0.25) is 0 Å². The normalized spacial score (nSPS) is 20.1. The molecule has 2 atom stereocenters. The Balaban J connectivity index is 1.47. The third-order valence-corrected chi connectivity index (χ3v) is 7.21. The molecule has 1 amide bonds. The van der Waals surface area contributed by atoms with E-state index >= 15 is 0 Å². The van der Waals surface area contributed by atoms with Gasteiger partial charge in [0.2, 0.25) is 0 Å². The van der Waals surface area contributed by atoms with Gasteiger partial charge in [0.25, 0.3) is 5.91 Å². The van der Waals surface area contributed by atoms with Crippen molar-refractivity contribution in [2.45, 2.75) is 38.3 Å². The molecule has 7 nitrogen and oxygen atoms in total. The SMILES string of the molecule is COc1ccc2c(c1OCC(N)=O)CCN1C[C@H](c3cccc(C)c3)/C(=N\OCc3ccccc3)C[C@@H]21. The van der Waals surface area contributed by atoms with E-state index in [2.05, 4.69) is 42.2 Å². The molecule has 0 aliphatic carbocycles. The van der Waals surface area contributed by atoms with Crippen molar-refractivity contribution in [2.75, 3.05) is 26.8 Å². The Bertz CT molecular complexity index is 1290. The van der Waals surface area contributed by atoms with E-state index in [1.807, 2.05) is 36.4 Å². The van der Waals surface area contributed by atoms with Crippen LogP contribution in [0.25, 0.3) is 0 Å². The number of methoxy groups -OCH3 is 1.